The number of aromatic amines is 1. The van der Waals surface area contributed by atoms with Gasteiger partial charge in [-0.05, 0) is 12.1 Å². The van der Waals surface area contributed by atoms with Gasteiger partial charge in [-0.2, -0.15) is 0 Å². The molecule has 0 unspecified atom stereocenters. The van der Waals surface area contributed by atoms with E-state index in [9.17, 15) is 9.59 Å². The topological polar surface area (TPSA) is 86.2 Å². The summed E-state index contributed by atoms with van der Waals surface area (Å²) in [7, 11) is 3.12. The molecule has 0 bridgehead atoms. The Bertz CT molecular complexity index is 991. The van der Waals surface area contributed by atoms with Gasteiger partial charge in [0.1, 0.15) is 11.4 Å². The zero-order chi connectivity index (χ0) is 17.1. The zero-order valence-corrected chi connectivity index (χ0v) is 13.4. The molecule has 0 spiro atoms. The van der Waals surface area contributed by atoms with Crippen LogP contribution in [0, 0.1) is 0 Å². The number of ether oxygens (including phenoxy) is 2. The molecule has 0 fully saturated rings. The standard InChI is InChI=1S/C17H17N3O4/c1-23-10-9-20-15-14(16(21)19-17(20)22)12(7-8-18-15)11-5-3-4-6-13(11)24-2/h3-8H,9-10H2,1-2H3,(H,19,21,22). The van der Waals surface area contributed by atoms with Crippen LogP contribution in [0.2, 0.25) is 0 Å². The van der Waals surface area contributed by atoms with Crippen LogP contribution in [0.15, 0.2) is 46.1 Å². The Morgan fingerprint density at radius 3 is 2.67 bits per heavy atom. The monoisotopic (exact) mass is 327 g/mol. The lowest BCUT2D eigenvalue weighted by molar-refractivity contribution is 0.187. The minimum absolute atomic E-state index is 0.297. The quantitative estimate of drug-likeness (QED) is 0.765. The third kappa shape index (κ3) is 2.69. The van der Waals surface area contributed by atoms with Crippen LogP contribution in [-0.4, -0.2) is 35.4 Å². The van der Waals surface area contributed by atoms with Crippen LogP contribution in [0.1, 0.15) is 0 Å². The van der Waals surface area contributed by atoms with Crippen LogP contribution in [0.4, 0.5) is 0 Å². The van der Waals surface area contributed by atoms with Crippen molar-refractivity contribution in [3.8, 4) is 16.9 Å². The molecule has 7 heteroatoms. The second kappa shape index (κ2) is 6.67. The van der Waals surface area contributed by atoms with Crippen molar-refractivity contribution in [3.63, 3.8) is 0 Å². The molecular formula is C17H17N3O4. The smallest absolute Gasteiger partial charge is 0.330 e. The summed E-state index contributed by atoms with van der Waals surface area (Å²) in [4.78, 5) is 31.2. The summed E-state index contributed by atoms with van der Waals surface area (Å²) in [5.41, 5.74) is 0.760. The van der Waals surface area contributed by atoms with Gasteiger partial charge in [0.05, 0.1) is 25.6 Å². The van der Waals surface area contributed by atoms with E-state index in [2.05, 4.69) is 9.97 Å². The van der Waals surface area contributed by atoms with Crippen molar-refractivity contribution < 1.29 is 9.47 Å². The summed E-state index contributed by atoms with van der Waals surface area (Å²) in [6.45, 7) is 0.632. The molecule has 1 aromatic carbocycles. The lowest BCUT2D eigenvalue weighted by Gasteiger charge is -2.13. The summed E-state index contributed by atoms with van der Waals surface area (Å²) >= 11 is 0. The molecule has 0 saturated carbocycles. The van der Waals surface area contributed by atoms with E-state index in [1.807, 2.05) is 24.3 Å². The molecule has 0 amide bonds. The van der Waals surface area contributed by atoms with Crippen molar-refractivity contribution in [1.29, 1.82) is 0 Å². The van der Waals surface area contributed by atoms with E-state index in [0.29, 0.717) is 35.5 Å². The zero-order valence-electron chi connectivity index (χ0n) is 13.4. The molecule has 1 N–H and O–H groups in total. The first kappa shape index (κ1) is 15.9. The predicted molar refractivity (Wildman–Crippen MR) is 90.5 cm³/mol. The molecule has 7 nitrogen and oxygen atoms in total. The van der Waals surface area contributed by atoms with Crippen LogP contribution in [0.3, 0.4) is 0 Å². The summed E-state index contributed by atoms with van der Waals surface area (Å²) in [6.07, 6.45) is 1.58. The van der Waals surface area contributed by atoms with Crippen molar-refractivity contribution >= 4 is 11.0 Å². The largest absolute Gasteiger partial charge is 0.496 e. The molecule has 3 rings (SSSR count). The van der Waals surface area contributed by atoms with Crippen LogP contribution >= 0.6 is 0 Å². The number of hydrogen-bond acceptors (Lipinski definition) is 5. The third-order valence-corrected chi connectivity index (χ3v) is 3.80. The second-order valence-electron chi connectivity index (χ2n) is 5.16. The molecule has 0 saturated heterocycles. The first-order valence-corrected chi connectivity index (χ1v) is 7.41. The number of rotatable bonds is 5. The molecule has 124 valence electrons. The number of fused-ring (bicyclic) bond motifs is 1. The highest BCUT2D eigenvalue weighted by Gasteiger charge is 2.15. The van der Waals surface area contributed by atoms with Crippen LogP contribution in [0.5, 0.6) is 5.75 Å². The number of aromatic nitrogens is 3. The number of H-pyrrole nitrogens is 1. The number of methoxy groups -OCH3 is 2. The van der Waals surface area contributed by atoms with Crippen LogP contribution in [0.25, 0.3) is 22.2 Å². The maximum atomic E-state index is 12.4. The van der Waals surface area contributed by atoms with E-state index in [1.54, 1.807) is 26.5 Å². The molecule has 0 aliphatic carbocycles. The average molecular weight is 327 g/mol. The molecule has 24 heavy (non-hydrogen) atoms. The predicted octanol–water partition coefficient (Wildman–Crippen LogP) is 1.41. The number of nitrogens with zero attached hydrogens (tertiary/aromatic N) is 2. The Morgan fingerprint density at radius 2 is 1.92 bits per heavy atom. The van der Waals surface area contributed by atoms with E-state index >= 15 is 0 Å². The van der Waals surface area contributed by atoms with Gasteiger partial charge in [0.15, 0.2) is 0 Å². The van der Waals surface area contributed by atoms with E-state index in [0.717, 1.165) is 5.56 Å². The van der Waals surface area contributed by atoms with Gasteiger partial charge in [0, 0.05) is 24.4 Å². The van der Waals surface area contributed by atoms with Gasteiger partial charge in [0.2, 0.25) is 0 Å². The molecule has 0 radical (unpaired) electrons. The van der Waals surface area contributed by atoms with Crippen molar-refractivity contribution in [1.82, 2.24) is 14.5 Å². The highest BCUT2D eigenvalue weighted by Crippen LogP contribution is 2.32. The highest BCUT2D eigenvalue weighted by molar-refractivity contribution is 5.93. The summed E-state index contributed by atoms with van der Waals surface area (Å²) < 4.78 is 11.8. The fraction of sp³-hybridized carbons (Fsp3) is 0.235. The first-order valence-electron chi connectivity index (χ1n) is 7.41. The summed E-state index contributed by atoms with van der Waals surface area (Å²) in [5, 5.41) is 0.345. The van der Waals surface area contributed by atoms with Gasteiger partial charge in [0.25, 0.3) is 5.56 Å². The van der Waals surface area contributed by atoms with Crippen molar-refractivity contribution in [2.75, 3.05) is 20.8 Å². The highest BCUT2D eigenvalue weighted by atomic mass is 16.5. The molecular weight excluding hydrogens is 310 g/mol. The minimum atomic E-state index is -0.505. The van der Waals surface area contributed by atoms with Gasteiger partial charge >= 0.3 is 5.69 Å². The number of benzene rings is 1. The van der Waals surface area contributed by atoms with E-state index in [1.165, 1.54) is 4.57 Å². The fourth-order valence-corrected chi connectivity index (χ4v) is 2.68. The van der Waals surface area contributed by atoms with E-state index in [4.69, 9.17) is 9.47 Å². The lowest BCUT2D eigenvalue weighted by Crippen LogP contribution is -2.32. The van der Waals surface area contributed by atoms with Gasteiger partial charge in [-0.15, -0.1) is 0 Å². The fourth-order valence-electron chi connectivity index (χ4n) is 2.68. The van der Waals surface area contributed by atoms with Gasteiger partial charge in [-0.3, -0.25) is 14.3 Å². The summed E-state index contributed by atoms with van der Waals surface area (Å²) in [6, 6.07) is 9.12. The Balaban J connectivity index is 2.35. The third-order valence-electron chi connectivity index (χ3n) is 3.80. The number of pyridine rings is 1. The van der Waals surface area contributed by atoms with E-state index in [-0.39, 0.29) is 0 Å². The van der Waals surface area contributed by atoms with Gasteiger partial charge < -0.3 is 9.47 Å². The first-order chi connectivity index (χ1) is 11.7. The molecule has 0 aliphatic rings. The Kier molecular flexibility index (Phi) is 4.43. The van der Waals surface area contributed by atoms with Crippen molar-refractivity contribution in [2.24, 2.45) is 0 Å². The van der Waals surface area contributed by atoms with Crippen molar-refractivity contribution in [2.45, 2.75) is 6.54 Å². The second-order valence-corrected chi connectivity index (χ2v) is 5.16. The van der Waals surface area contributed by atoms with Crippen LogP contribution in [-0.2, 0) is 11.3 Å². The number of para-hydroxylation sites is 1. The van der Waals surface area contributed by atoms with Crippen molar-refractivity contribution in [3.05, 3.63) is 57.4 Å². The molecule has 2 aromatic heterocycles. The minimum Gasteiger partial charge on any atom is -0.496 e. The maximum Gasteiger partial charge on any atom is 0.330 e. The molecule has 2 heterocycles. The lowest BCUT2D eigenvalue weighted by atomic mass is 10.0. The normalized spacial score (nSPS) is 10.9. The number of nitrogens with one attached hydrogen (secondary N) is 1. The molecule has 3 aromatic rings. The average Bonchev–Trinajstić information content (AvgIpc) is 2.61. The van der Waals surface area contributed by atoms with E-state index < -0.39 is 11.2 Å². The summed E-state index contributed by atoms with van der Waals surface area (Å²) in [5.74, 6) is 0.638. The Hall–Kier alpha value is -2.93. The maximum absolute atomic E-state index is 12.4. The molecule has 0 atom stereocenters. The van der Waals surface area contributed by atoms with Gasteiger partial charge in [-0.25, -0.2) is 9.78 Å². The Morgan fingerprint density at radius 1 is 1.12 bits per heavy atom. The number of hydrogen-bond donors (Lipinski definition) is 1. The van der Waals surface area contributed by atoms with Gasteiger partial charge in [-0.1, -0.05) is 18.2 Å². The SMILES string of the molecule is COCCn1c(=O)[nH]c(=O)c2c(-c3ccccc3OC)ccnc21. The van der Waals surface area contributed by atoms with Crippen LogP contribution < -0.4 is 16.0 Å². The Labute approximate surface area is 137 Å². The molecule has 0 aliphatic heterocycles.